The number of rotatable bonds is 4. The molecule has 0 saturated carbocycles. The van der Waals surface area contributed by atoms with E-state index in [4.69, 9.17) is 34.7 Å². The zero-order valence-corrected chi connectivity index (χ0v) is 10.9. The van der Waals surface area contributed by atoms with Crippen molar-refractivity contribution in [1.29, 1.82) is 0 Å². The van der Waals surface area contributed by atoms with Gasteiger partial charge in [-0.1, -0.05) is 29.3 Å². The van der Waals surface area contributed by atoms with Crippen LogP contribution in [-0.2, 0) is 13.0 Å². The normalized spacial score (nSPS) is 11.3. The number of aromatic nitrogens is 1. The van der Waals surface area contributed by atoms with E-state index in [1.54, 1.807) is 0 Å². The maximum atomic E-state index is 6.26. The van der Waals surface area contributed by atoms with Crippen molar-refractivity contribution in [2.24, 2.45) is 11.5 Å². The summed E-state index contributed by atoms with van der Waals surface area (Å²) >= 11 is 12.3. The van der Waals surface area contributed by atoms with Crippen molar-refractivity contribution in [1.82, 2.24) is 4.57 Å². The van der Waals surface area contributed by atoms with Gasteiger partial charge in [0.15, 0.2) is 0 Å². The summed E-state index contributed by atoms with van der Waals surface area (Å²) in [7, 11) is 0. The minimum absolute atomic E-state index is 0.564. The highest BCUT2D eigenvalue weighted by Crippen LogP contribution is 2.33. The van der Waals surface area contributed by atoms with Crippen molar-refractivity contribution < 1.29 is 0 Å². The topological polar surface area (TPSA) is 57.0 Å². The first-order valence-corrected chi connectivity index (χ1v) is 6.30. The average Bonchev–Trinajstić information content (AvgIpc) is 2.64. The maximum absolute atomic E-state index is 6.26. The Bertz CT molecular complexity index is 534. The van der Waals surface area contributed by atoms with Crippen LogP contribution in [0.1, 0.15) is 5.56 Å². The van der Waals surface area contributed by atoms with Gasteiger partial charge in [-0.3, -0.25) is 0 Å². The molecule has 92 valence electrons. The average molecular weight is 272 g/mol. The highest BCUT2D eigenvalue weighted by molar-refractivity contribution is 6.45. The number of hydrogen-bond acceptors (Lipinski definition) is 2. The van der Waals surface area contributed by atoms with Crippen molar-refractivity contribution in [2.75, 3.05) is 13.1 Å². The van der Waals surface area contributed by atoms with Crippen LogP contribution in [0, 0.1) is 0 Å². The van der Waals surface area contributed by atoms with Crippen LogP contribution in [0.5, 0.6) is 0 Å². The lowest BCUT2D eigenvalue weighted by Crippen LogP contribution is -2.09. The third-order valence-electron chi connectivity index (χ3n) is 2.80. The van der Waals surface area contributed by atoms with E-state index < -0.39 is 0 Å². The van der Waals surface area contributed by atoms with Gasteiger partial charge >= 0.3 is 0 Å². The molecule has 0 fully saturated rings. The van der Waals surface area contributed by atoms with Crippen molar-refractivity contribution in [3.8, 4) is 0 Å². The van der Waals surface area contributed by atoms with Crippen molar-refractivity contribution in [2.45, 2.75) is 13.0 Å². The van der Waals surface area contributed by atoms with Gasteiger partial charge in [-0.2, -0.15) is 0 Å². The SMILES string of the molecule is NCCc1cn(CCN)c2c(Cl)c(Cl)ccc12. The zero-order valence-electron chi connectivity index (χ0n) is 9.42. The van der Waals surface area contributed by atoms with Crippen LogP contribution in [-0.4, -0.2) is 17.7 Å². The number of nitrogens with zero attached hydrogens (tertiary/aromatic N) is 1. The van der Waals surface area contributed by atoms with Gasteiger partial charge < -0.3 is 16.0 Å². The van der Waals surface area contributed by atoms with Gasteiger partial charge in [-0.25, -0.2) is 0 Å². The second-order valence-corrected chi connectivity index (χ2v) is 4.72. The predicted octanol–water partition coefficient (Wildman–Crippen LogP) is 2.41. The van der Waals surface area contributed by atoms with Gasteiger partial charge in [-0.05, 0) is 24.6 Å². The van der Waals surface area contributed by atoms with Crippen LogP contribution in [0.25, 0.3) is 10.9 Å². The second kappa shape index (κ2) is 5.27. The van der Waals surface area contributed by atoms with E-state index in [0.29, 0.717) is 23.1 Å². The molecule has 1 heterocycles. The molecule has 5 heteroatoms. The molecular weight excluding hydrogens is 257 g/mol. The molecule has 0 aliphatic carbocycles. The van der Waals surface area contributed by atoms with Gasteiger partial charge in [0.2, 0.25) is 0 Å². The van der Waals surface area contributed by atoms with Gasteiger partial charge in [0.1, 0.15) is 0 Å². The number of benzene rings is 1. The highest BCUT2D eigenvalue weighted by Gasteiger charge is 2.12. The minimum Gasteiger partial charge on any atom is -0.345 e. The summed E-state index contributed by atoms with van der Waals surface area (Å²) < 4.78 is 2.05. The van der Waals surface area contributed by atoms with Crippen LogP contribution in [0.15, 0.2) is 18.3 Å². The van der Waals surface area contributed by atoms with E-state index in [9.17, 15) is 0 Å². The Kier molecular flexibility index (Phi) is 3.94. The molecule has 2 aromatic rings. The molecule has 0 saturated heterocycles. The van der Waals surface area contributed by atoms with Crippen LogP contribution in [0.4, 0.5) is 0 Å². The first-order valence-electron chi connectivity index (χ1n) is 5.55. The van der Waals surface area contributed by atoms with Gasteiger partial charge in [0.25, 0.3) is 0 Å². The summed E-state index contributed by atoms with van der Waals surface area (Å²) in [4.78, 5) is 0. The van der Waals surface area contributed by atoms with Gasteiger partial charge in [-0.15, -0.1) is 0 Å². The standard InChI is InChI=1S/C12H15Cl2N3/c13-10-2-1-9-8(3-4-15)7-17(6-5-16)12(9)11(10)14/h1-2,7H,3-6,15-16H2. The second-order valence-electron chi connectivity index (χ2n) is 3.93. The Balaban J connectivity index is 2.67. The summed E-state index contributed by atoms with van der Waals surface area (Å²) in [5, 5.41) is 2.26. The van der Waals surface area contributed by atoms with Gasteiger partial charge in [0, 0.05) is 24.7 Å². The molecule has 0 bridgehead atoms. The molecule has 3 nitrogen and oxygen atoms in total. The Hall–Kier alpha value is -0.740. The lowest BCUT2D eigenvalue weighted by Gasteiger charge is -2.05. The van der Waals surface area contributed by atoms with Crippen LogP contribution >= 0.6 is 23.2 Å². The molecule has 1 aromatic heterocycles. The van der Waals surface area contributed by atoms with E-state index in [1.165, 1.54) is 5.56 Å². The quantitative estimate of drug-likeness (QED) is 0.898. The Morgan fingerprint density at radius 1 is 1.12 bits per heavy atom. The minimum atomic E-state index is 0.564. The Morgan fingerprint density at radius 2 is 1.88 bits per heavy atom. The molecule has 0 radical (unpaired) electrons. The summed E-state index contributed by atoms with van der Waals surface area (Å²) in [5.41, 5.74) is 13.4. The summed E-state index contributed by atoms with van der Waals surface area (Å²) in [6.07, 6.45) is 2.89. The third kappa shape index (κ3) is 2.29. The van der Waals surface area contributed by atoms with E-state index in [2.05, 4.69) is 10.8 Å². The Labute approximate surface area is 110 Å². The van der Waals surface area contributed by atoms with Crippen molar-refractivity contribution in [3.05, 3.63) is 33.9 Å². The first kappa shape index (κ1) is 12.7. The van der Waals surface area contributed by atoms with Crippen LogP contribution in [0.3, 0.4) is 0 Å². The summed E-state index contributed by atoms with van der Waals surface area (Å²) in [5.74, 6) is 0. The first-order chi connectivity index (χ1) is 8.19. The number of nitrogens with two attached hydrogens (primary N) is 2. The van der Waals surface area contributed by atoms with E-state index in [-0.39, 0.29) is 0 Å². The molecule has 1 aromatic carbocycles. The third-order valence-corrected chi connectivity index (χ3v) is 3.59. The molecule has 0 unspecified atom stereocenters. The molecular formula is C12H15Cl2N3. The maximum Gasteiger partial charge on any atom is 0.0835 e. The molecule has 4 N–H and O–H groups in total. The fourth-order valence-corrected chi connectivity index (χ4v) is 2.50. The number of fused-ring (bicyclic) bond motifs is 1. The zero-order chi connectivity index (χ0) is 12.4. The van der Waals surface area contributed by atoms with Crippen LogP contribution < -0.4 is 11.5 Å². The summed E-state index contributed by atoms with van der Waals surface area (Å²) in [6, 6.07) is 3.81. The largest absolute Gasteiger partial charge is 0.345 e. The van der Waals surface area contributed by atoms with Crippen molar-refractivity contribution >= 4 is 34.1 Å². The fraction of sp³-hybridized carbons (Fsp3) is 0.333. The fourth-order valence-electron chi connectivity index (χ4n) is 2.07. The highest BCUT2D eigenvalue weighted by atomic mass is 35.5. The molecule has 0 amide bonds. The van der Waals surface area contributed by atoms with Crippen LogP contribution in [0.2, 0.25) is 10.0 Å². The molecule has 2 rings (SSSR count). The monoisotopic (exact) mass is 271 g/mol. The van der Waals surface area contributed by atoms with Gasteiger partial charge in [0.05, 0.1) is 15.6 Å². The molecule has 0 aliphatic rings. The summed E-state index contributed by atoms with van der Waals surface area (Å²) in [6.45, 7) is 1.90. The lowest BCUT2D eigenvalue weighted by atomic mass is 10.1. The van der Waals surface area contributed by atoms with E-state index >= 15 is 0 Å². The van der Waals surface area contributed by atoms with E-state index in [1.807, 2.05) is 12.1 Å². The molecule has 17 heavy (non-hydrogen) atoms. The number of halogens is 2. The van der Waals surface area contributed by atoms with E-state index in [0.717, 1.165) is 23.9 Å². The number of hydrogen-bond donors (Lipinski definition) is 2. The molecule has 0 spiro atoms. The molecule has 0 aliphatic heterocycles. The lowest BCUT2D eigenvalue weighted by molar-refractivity contribution is 0.731. The Morgan fingerprint density at radius 3 is 2.53 bits per heavy atom. The smallest absolute Gasteiger partial charge is 0.0835 e. The molecule has 0 atom stereocenters. The predicted molar refractivity (Wildman–Crippen MR) is 73.8 cm³/mol. The van der Waals surface area contributed by atoms with Crippen molar-refractivity contribution in [3.63, 3.8) is 0 Å².